The van der Waals surface area contributed by atoms with Crippen molar-refractivity contribution in [2.75, 3.05) is 13.2 Å². The molecular formula is C16H23N3O2. The van der Waals surface area contributed by atoms with Crippen LogP contribution in [0.4, 0.5) is 0 Å². The topological polar surface area (TPSA) is 58.2 Å². The zero-order valence-corrected chi connectivity index (χ0v) is 12.8. The Bertz CT molecular complexity index is 546. The van der Waals surface area contributed by atoms with Gasteiger partial charge >= 0.3 is 0 Å². The summed E-state index contributed by atoms with van der Waals surface area (Å²) in [4.78, 5) is 22.4. The number of carbonyl (C=O) groups is 1. The molecule has 4 heterocycles. The summed E-state index contributed by atoms with van der Waals surface area (Å²) in [5.74, 6) is 1.84. The van der Waals surface area contributed by atoms with E-state index in [1.54, 1.807) is 6.20 Å². The third kappa shape index (κ3) is 2.01. The molecule has 21 heavy (non-hydrogen) atoms. The summed E-state index contributed by atoms with van der Waals surface area (Å²) in [7, 11) is 0. The van der Waals surface area contributed by atoms with Crippen molar-refractivity contribution < 1.29 is 9.53 Å². The van der Waals surface area contributed by atoms with Crippen molar-refractivity contribution in [1.82, 2.24) is 14.9 Å². The van der Waals surface area contributed by atoms with Gasteiger partial charge in [0.15, 0.2) is 0 Å². The SMILES string of the molecule is CC1(C)COC(CC(=O)N2CC3CC2(c2ncc[nH]2)C3)C1. The molecule has 114 valence electrons. The van der Waals surface area contributed by atoms with Gasteiger partial charge in [-0.25, -0.2) is 4.98 Å². The van der Waals surface area contributed by atoms with Crippen LogP contribution in [0.3, 0.4) is 0 Å². The Kier molecular flexibility index (Phi) is 2.74. The van der Waals surface area contributed by atoms with Crippen LogP contribution in [0.1, 0.15) is 45.4 Å². The largest absolute Gasteiger partial charge is 0.377 e. The fourth-order valence-corrected chi connectivity index (χ4v) is 4.37. The van der Waals surface area contributed by atoms with E-state index in [2.05, 4.69) is 28.7 Å². The minimum absolute atomic E-state index is 0.0824. The van der Waals surface area contributed by atoms with Crippen molar-refractivity contribution in [3.05, 3.63) is 18.2 Å². The molecule has 0 aromatic carbocycles. The lowest BCUT2D eigenvalue weighted by atomic mass is 9.72. The molecule has 4 aliphatic rings. The van der Waals surface area contributed by atoms with E-state index in [0.29, 0.717) is 12.3 Å². The zero-order valence-electron chi connectivity index (χ0n) is 12.8. The second-order valence-electron chi connectivity index (χ2n) is 7.75. The van der Waals surface area contributed by atoms with E-state index in [9.17, 15) is 4.79 Å². The van der Waals surface area contributed by atoms with Gasteiger partial charge in [0.25, 0.3) is 0 Å². The van der Waals surface area contributed by atoms with Gasteiger partial charge in [-0.05, 0) is 30.6 Å². The van der Waals surface area contributed by atoms with Crippen LogP contribution in [-0.4, -0.2) is 40.0 Å². The number of nitrogens with zero attached hydrogens (tertiary/aromatic N) is 2. The van der Waals surface area contributed by atoms with Gasteiger partial charge in [0.1, 0.15) is 11.4 Å². The fraction of sp³-hybridized carbons (Fsp3) is 0.750. The second-order valence-corrected chi connectivity index (χ2v) is 7.75. The van der Waals surface area contributed by atoms with Crippen LogP contribution < -0.4 is 0 Å². The van der Waals surface area contributed by atoms with E-state index in [0.717, 1.165) is 38.2 Å². The predicted molar refractivity (Wildman–Crippen MR) is 77.5 cm³/mol. The van der Waals surface area contributed by atoms with Crippen LogP contribution in [0.25, 0.3) is 0 Å². The average molecular weight is 289 g/mol. The normalized spacial score (nSPS) is 36.8. The maximum atomic E-state index is 12.8. The molecule has 2 bridgehead atoms. The van der Waals surface area contributed by atoms with E-state index in [1.807, 2.05) is 6.20 Å². The summed E-state index contributed by atoms with van der Waals surface area (Å²) in [6.07, 6.45) is 7.32. The number of H-pyrrole nitrogens is 1. The molecule has 3 saturated heterocycles. The molecule has 4 fully saturated rings. The highest BCUT2D eigenvalue weighted by molar-refractivity contribution is 5.78. The quantitative estimate of drug-likeness (QED) is 0.926. The van der Waals surface area contributed by atoms with Gasteiger partial charge in [0.2, 0.25) is 5.91 Å². The van der Waals surface area contributed by atoms with Crippen LogP contribution in [0.2, 0.25) is 0 Å². The van der Waals surface area contributed by atoms with Gasteiger partial charge in [0.05, 0.1) is 19.1 Å². The van der Waals surface area contributed by atoms with Crippen molar-refractivity contribution in [3.8, 4) is 0 Å². The highest BCUT2D eigenvalue weighted by Crippen LogP contribution is 2.56. The number of nitrogens with one attached hydrogen (secondary N) is 1. The third-order valence-corrected chi connectivity index (χ3v) is 5.34. The van der Waals surface area contributed by atoms with Crippen molar-refractivity contribution >= 4 is 5.91 Å². The summed E-state index contributed by atoms with van der Waals surface area (Å²) < 4.78 is 5.80. The summed E-state index contributed by atoms with van der Waals surface area (Å²) in [6.45, 7) is 6.05. The molecule has 1 N–H and O–H groups in total. The molecular weight excluding hydrogens is 266 g/mol. The highest BCUT2D eigenvalue weighted by atomic mass is 16.5. The Morgan fingerprint density at radius 2 is 2.29 bits per heavy atom. The standard InChI is InChI=1S/C16H23N3O2/c1-15(2)8-12(21-10-15)5-13(20)19-9-11-6-16(19,7-11)14-17-3-4-18-14/h3-4,11-12H,5-10H2,1-2H3,(H,17,18). The predicted octanol–water partition coefficient (Wildman–Crippen LogP) is 2.06. The molecule has 1 aliphatic carbocycles. The summed E-state index contributed by atoms with van der Waals surface area (Å²) in [5.41, 5.74) is 0.0517. The smallest absolute Gasteiger partial charge is 0.226 e. The first kappa shape index (κ1) is 13.3. The molecule has 1 amide bonds. The van der Waals surface area contributed by atoms with Gasteiger partial charge in [-0.2, -0.15) is 0 Å². The van der Waals surface area contributed by atoms with Crippen LogP contribution in [0, 0.1) is 11.3 Å². The molecule has 0 spiro atoms. The van der Waals surface area contributed by atoms with Crippen molar-refractivity contribution in [2.45, 2.75) is 51.2 Å². The van der Waals surface area contributed by atoms with Gasteiger partial charge in [-0.15, -0.1) is 0 Å². The number of hydrogen-bond donors (Lipinski definition) is 1. The minimum Gasteiger partial charge on any atom is -0.377 e. The Hall–Kier alpha value is -1.36. The maximum absolute atomic E-state index is 12.8. The van der Waals surface area contributed by atoms with Crippen LogP contribution in [0.15, 0.2) is 12.4 Å². The first-order valence-corrected chi connectivity index (χ1v) is 7.90. The number of fused-ring (bicyclic) bond motifs is 1. The molecule has 1 aromatic rings. The Labute approximate surface area is 125 Å². The van der Waals surface area contributed by atoms with Gasteiger partial charge in [0, 0.05) is 18.9 Å². The minimum atomic E-state index is -0.153. The number of ether oxygens (including phenoxy) is 1. The highest BCUT2D eigenvalue weighted by Gasteiger charge is 2.60. The lowest BCUT2D eigenvalue weighted by Crippen LogP contribution is -2.47. The molecule has 1 atom stereocenters. The summed E-state index contributed by atoms with van der Waals surface area (Å²) >= 11 is 0. The third-order valence-electron chi connectivity index (χ3n) is 5.34. The zero-order chi connectivity index (χ0) is 14.7. The van der Waals surface area contributed by atoms with E-state index >= 15 is 0 Å². The number of aromatic nitrogens is 2. The molecule has 5 heteroatoms. The summed E-state index contributed by atoms with van der Waals surface area (Å²) in [6, 6.07) is 0. The van der Waals surface area contributed by atoms with E-state index in [1.165, 1.54) is 0 Å². The number of hydrogen-bond acceptors (Lipinski definition) is 3. The van der Waals surface area contributed by atoms with E-state index in [-0.39, 0.29) is 23.0 Å². The van der Waals surface area contributed by atoms with Gasteiger partial charge < -0.3 is 14.6 Å². The molecule has 5 nitrogen and oxygen atoms in total. The van der Waals surface area contributed by atoms with Crippen LogP contribution >= 0.6 is 0 Å². The number of amides is 1. The first-order chi connectivity index (χ1) is 9.98. The van der Waals surface area contributed by atoms with Crippen LogP contribution in [0.5, 0.6) is 0 Å². The number of carbonyl (C=O) groups excluding carboxylic acids is 1. The molecule has 0 radical (unpaired) electrons. The number of imidazole rings is 1. The average Bonchev–Trinajstić information content (AvgIpc) is 3.08. The Morgan fingerprint density at radius 1 is 1.48 bits per heavy atom. The fourth-order valence-electron chi connectivity index (χ4n) is 4.37. The molecule has 1 aromatic heterocycles. The summed E-state index contributed by atoms with van der Waals surface area (Å²) in [5, 5.41) is 0. The lowest BCUT2D eigenvalue weighted by molar-refractivity contribution is -0.137. The van der Waals surface area contributed by atoms with Crippen LogP contribution in [-0.2, 0) is 15.1 Å². The van der Waals surface area contributed by atoms with E-state index < -0.39 is 0 Å². The molecule has 3 aliphatic heterocycles. The first-order valence-electron chi connectivity index (χ1n) is 7.90. The number of rotatable bonds is 3. The maximum Gasteiger partial charge on any atom is 0.226 e. The van der Waals surface area contributed by atoms with Crippen molar-refractivity contribution in [3.63, 3.8) is 0 Å². The molecule has 5 rings (SSSR count). The Balaban J connectivity index is 1.48. The van der Waals surface area contributed by atoms with Crippen molar-refractivity contribution in [1.29, 1.82) is 0 Å². The van der Waals surface area contributed by atoms with Crippen molar-refractivity contribution in [2.24, 2.45) is 11.3 Å². The van der Waals surface area contributed by atoms with E-state index in [4.69, 9.17) is 4.74 Å². The Morgan fingerprint density at radius 3 is 2.90 bits per heavy atom. The monoisotopic (exact) mass is 289 g/mol. The number of aromatic amines is 1. The second kappa shape index (κ2) is 4.32. The van der Waals surface area contributed by atoms with Gasteiger partial charge in [-0.1, -0.05) is 13.8 Å². The van der Waals surface area contributed by atoms with Gasteiger partial charge in [-0.3, -0.25) is 4.79 Å². The lowest BCUT2D eigenvalue weighted by Gasteiger charge is -2.40. The molecule has 1 saturated carbocycles. The molecule has 1 unspecified atom stereocenters.